The molecule has 0 radical (unpaired) electrons. The summed E-state index contributed by atoms with van der Waals surface area (Å²) in [5, 5.41) is 6.64. The van der Waals surface area contributed by atoms with Gasteiger partial charge in [-0.3, -0.25) is 9.69 Å². The minimum atomic E-state index is -2.64. The van der Waals surface area contributed by atoms with Crippen molar-refractivity contribution in [2.75, 3.05) is 32.8 Å². The monoisotopic (exact) mass is 594 g/mol. The summed E-state index contributed by atoms with van der Waals surface area (Å²) in [6.07, 6.45) is 7.14. The van der Waals surface area contributed by atoms with Crippen LogP contribution < -0.4 is 10.6 Å². The second-order valence-corrected chi connectivity index (χ2v) is 13.1. The fourth-order valence-corrected chi connectivity index (χ4v) is 8.08. The smallest absolute Gasteiger partial charge is 0.317 e. The van der Waals surface area contributed by atoms with Crippen molar-refractivity contribution in [3.63, 3.8) is 0 Å². The van der Waals surface area contributed by atoms with E-state index in [1.807, 2.05) is 35.2 Å². The van der Waals surface area contributed by atoms with Crippen LogP contribution in [0.25, 0.3) is 0 Å². The lowest BCUT2D eigenvalue weighted by Gasteiger charge is -2.45. The number of hydrogen-bond donors (Lipinski definition) is 2. The molecule has 4 saturated heterocycles. The van der Waals surface area contributed by atoms with Crippen molar-refractivity contribution < 1.29 is 23.1 Å². The molecule has 4 heterocycles. The lowest BCUT2D eigenvalue weighted by atomic mass is 9.83. The predicted octanol–water partition coefficient (Wildman–Crippen LogP) is 5.30. The molecule has 5 fully saturated rings. The van der Waals surface area contributed by atoms with Crippen molar-refractivity contribution in [1.29, 1.82) is 0 Å². The van der Waals surface area contributed by atoms with E-state index in [1.54, 1.807) is 0 Å². The molecule has 1 aliphatic carbocycles. The Balaban J connectivity index is 0.00000337. The quantitative estimate of drug-likeness (QED) is 0.428. The number of nitrogens with one attached hydrogen (secondary N) is 2. The number of amides is 3. The maximum Gasteiger partial charge on any atom is 0.317 e. The van der Waals surface area contributed by atoms with Crippen LogP contribution in [0.3, 0.4) is 0 Å². The highest BCUT2D eigenvalue weighted by atomic mass is 35.5. The Kier molecular flexibility index (Phi) is 9.46. The van der Waals surface area contributed by atoms with Crippen molar-refractivity contribution in [1.82, 2.24) is 20.4 Å². The summed E-state index contributed by atoms with van der Waals surface area (Å²) in [4.78, 5) is 30.8. The zero-order chi connectivity index (χ0) is 27.7. The van der Waals surface area contributed by atoms with Crippen molar-refractivity contribution in [3.8, 4) is 0 Å². The Hall–Kier alpha value is -1.97. The number of nitrogens with zero attached hydrogens (tertiary/aromatic N) is 2. The van der Waals surface area contributed by atoms with Gasteiger partial charge in [0.25, 0.3) is 0 Å². The van der Waals surface area contributed by atoms with Crippen LogP contribution in [-0.2, 0) is 9.53 Å². The molecule has 4 aliphatic heterocycles. The predicted molar refractivity (Wildman–Crippen MR) is 155 cm³/mol. The number of halogens is 3. The molecule has 228 valence electrons. The van der Waals surface area contributed by atoms with Crippen LogP contribution in [0.15, 0.2) is 30.3 Å². The number of benzene rings is 1. The van der Waals surface area contributed by atoms with Crippen LogP contribution in [-0.4, -0.2) is 78.1 Å². The third-order valence-electron chi connectivity index (χ3n) is 10.3. The Labute approximate surface area is 248 Å². The highest BCUT2D eigenvalue weighted by Crippen LogP contribution is 2.43. The lowest BCUT2D eigenvalue weighted by Crippen LogP contribution is -2.57. The molecule has 3 atom stereocenters. The summed E-state index contributed by atoms with van der Waals surface area (Å²) < 4.78 is 32.8. The molecule has 0 aromatic heterocycles. The van der Waals surface area contributed by atoms with E-state index < -0.39 is 5.92 Å². The van der Waals surface area contributed by atoms with Crippen molar-refractivity contribution in [3.05, 3.63) is 35.9 Å². The third-order valence-corrected chi connectivity index (χ3v) is 10.3. The first kappa shape index (κ1) is 30.5. The van der Waals surface area contributed by atoms with Crippen molar-refractivity contribution in [2.24, 2.45) is 11.8 Å². The van der Waals surface area contributed by atoms with Crippen LogP contribution in [0.2, 0.25) is 0 Å². The first-order chi connectivity index (χ1) is 19.3. The van der Waals surface area contributed by atoms with Crippen molar-refractivity contribution >= 4 is 24.3 Å². The molecule has 2 unspecified atom stereocenters. The summed E-state index contributed by atoms with van der Waals surface area (Å²) in [6, 6.07) is 10.8. The van der Waals surface area contributed by atoms with Gasteiger partial charge in [0.2, 0.25) is 11.8 Å². The molecule has 1 saturated carbocycles. The van der Waals surface area contributed by atoms with Gasteiger partial charge in [0, 0.05) is 63.7 Å². The Morgan fingerprint density at radius 2 is 1.68 bits per heavy atom. The van der Waals surface area contributed by atoms with Gasteiger partial charge in [-0.05, 0) is 69.3 Å². The average molecular weight is 595 g/mol. The Morgan fingerprint density at radius 3 is 2.34 bits per heavy atom. The normalized spacial score (nSPS) is 31.1. The van der Waals surface area contributed by atoms with Gasteiger partial charge in [0.15, 0.2) is 0 Å². The van der Waals surface area contributed by atoms with Crippen LogP contribution in [0.5, 0.6) is 0 Å². The van der Waals surface area contributed by atoms with Gasteiger partial charge in [-0.1, -0.05) is 30.3 Å². The maximum absolute atomic E-state index is 13.7. The summed E-state index contributed by atoms with van der Waals surface area (Å²) in [7, 11) is 0. The number of fused-ring (bicyclic) bond motifs is 2. The number of carbonyl (C=O) groups excluding carboxylic acids is 2. The van der Waals surface area contributed by atoms with Gasteiger partial charge in [0.05, 0.1) is 11.6 Å². The number of hydrogen-bond acceptors (Lipinski definition) is 4. The molecule has 1 spiro atoms. The van der Waals surface area contributed by atoms with Crippen LogP contribution in [0.4, 0.5) is 13.6 Å². The van der Waals surface area contributed by atoms with E-state index in [0.29, 0.717) is 18.0 Å². The summed E-state index contributed by atoms with van der Waals surface area (Å²) >= 11 is 0. The molecule has 3 amide bonds. The molecule has 2 bridgehead atoms. The third kappa shape index (κ3) is 6.99. The average Bonchev–Trinajstić information content (AvgIpc) is 3.38. The first-order valence-corrected chi connectivity index (χ1v) is 15.4. The minimum Gasteiger partial charge on any atom is -0.381 e. The zero-order valence-corrected chi connectivity index (χ0v) is 24.7. The van der Waals surface area contributed by atoms with Gasteiger partial charge < -0.3 is 20.3 Å². The van der Waals surface area contributed by atoms with E-state index >= 15 is 0 Å². The number of alkyl halides is 2. The summed E-state index contributed by atoms with van der Waals surface area (Å²) in [6.45, 7) is 4.09. The van der Waals surface area contributed by atoms with E-state index in [0.717, 1.165) is 83.4 Å². The van der Waals surface area contributed by atoms with E-state index in [2.05, 4.69) is 15.5 Å². The summed E-state index contributed by atoms with van der Waals surface area (Å²) in [5.41, 5.74) is 0.922. The minimum absolute atomic E-state index is 0. The number of ether oxygens (including phenoxy) is 1. The van der Waals surface area contributed by atoms with Crippen LogP contribution >= 0.6 is 12.4 Å². The highest BCUT2D eigenvalue weighted by molar-refractivity contribution is 5.85. The van der Waals surface area contributed by atoms with Gasteiger partial charge in [-0.25, -0.2) is 13.6 Å². The maximum atomic E-state index is 13.7. The molecule has 10 heteroatoms. The standard InChI is InChI=1S/C31H44F2N4O3.ClH/c32-31(33)13-8-24(9-14-31)28(38)34-27(23-4-2-1-3-5-23)10-15-37-25-6-7-26(37)19-30(18-25)21-36(29(39)35-30)20-22-11-16-40-17-12-22;/h1-5,22,24-27H,6-21H2,(H,34,38)(H,35,39);1H/t25?,26?,27-,30?;/m0./s1. The number of piperidine rings is 1. The molecule has 5 aliphatic rings. The molecule has 1 aromatic carbocycles. The molecular weight excluding hydrogens is 550 g/mol. The fourth-order valence-electron chi connectivity index (χ4n) is 8.08. The van der Waals surface area contributed by atoms with E-state index in [-0.39, 0.29) is 67.5 Å². The SMILES string of the molecule is Cl.O=C(N[C@@H](CCN1C2CCC1CC1(C2)CN(CC2CCOCC2)C(=O)N1)c1ccccc1)C1CCC(F)(F)CC1. The van der Waals surface area contributed by atoms with E-state index in [9.17, 15) is 18.4 Å². The summed E-state index contributed by atoms with van der Waals surface area (Å²) in [5.74, 6) is -2.54. The number of urea groups is 1. The molecule has 6 rings (SSSR count). The Morgan fingerprint density at radius 1 is 1.02 bits per heavy atom. The second-order valence-electron chi connectivity index (χ2n) is 13.1. The molecular formula is C31H45ClF2N4O3. The highest BCUT2D eigenvalue weighted by Gasteiger charge is 2.53. The van der Waals surface area contributed by atoms with E-state index in [1.165, 1.54) is 0 Å². The molecule has 1 aromatic rings. The van der Waals surface area contributed by atoms with Gasteiger partial charge in [-0.15, -0.1) is 12.4 Å². The van der Waals surface area contributed by atoms with Crippen molar-refractivity contribution in [2.45, 2.75) is 100 Å². The fraction of sp³-hybridized carbons (Fsp3) is 0.742. The lowest BCUT2D eigenvalue weighted by molar-refractivity contribution is -0.130. The Bertz CT molecular complexity index is 1030. The number of carbonyl (C=O) groups is 2. The van der Waals surface area contributed by atoms with Crippen LogP contribution in [0.1, 0.15) is 82.2 Å². The van der Waals surface area contributed by atoms with Gasteiger partial charge in [0.1, 0.15) is 0 Å². The first-order valence-electron chi connectivity index (χ1n) is 15.4. The van der Waals surface area contributed by atoms with Gasteiger partial charge >= 0.3 is 6.03 Å². The zero-order valence-electron chi connectivity index (χ0n) is 23.9. The molecule has 7 nitrogen and oxygen atoms in total. The second kappa shape index (κ2) is 12.7. The van der Waals surface area contributed by atoms with Crippen LogP contribution in [0, 0.1) is 11.8 Å². The largest absolute Gasteiger partial charge is 0.381 e. The topological polar surface area (TPSA) is 73.9 Å². The van der Waals surface area contributed by atoms with Gasteiger partial charge in [-0.2, -0.15) is 0 Å². The number of rotatable bonds is 8. The molecule has 2 N–H and O–H groups in total. The van der Waals surface area contributed by atoms with E-state index in [4.69, 9.17) is 4.74 Å². The molecule has 41 heavy (non-hydrogen) atoms.